The smallest absolute Gasteiger partial charge is 0.251 e. The fourth-order valence-corrected chi connectivity index (χ4v) is 2.65. The van der Waals surface area contributed by atoms with Crippen LogP contribution in [-0.2, 0) is 0 Å². The van der Waals surface area contributed by atoms with Gasteiger partial charge >= 0.3 is 0 Å². The Kier molecular flexibility index (Phi) is 7.96. The molecule has 22 heavy (non-hydrogen) atoms. The summed E-state index contributed by atoms with van der Waals surface area (Å²) in [6.45, 7) is 14.0. The minimum atomic E-state index is -0.0270. The van der Waals surface area contributed by atoms with Crippen molar-refractivity contribution in [2.24, 2.45) is 5.92 Å². The second kappa shape index (κ2) is 9.46. The van der Waals surface area contributed by atoms with Crippen LogP contribution in [0.1, 0.15) is 45.0 Å². The molecule has 1 rings (SSSR count). The zero-order chi connectivity index (χ0) is 16.5. The lowest BCUT2D eigenvalue weighted by atomic mass is 10.0. The number of carbonyl (C=O) groups is 1. The van der Waals surface area contributed by atoms with E-state index in [2.05, 4.69) is 37.9 Å². The first-order valence-electron chi connectivity index (χ1n) is 8.28. The molecule has 4 heteroatoms. The van der Waals surface area contributed by atoms with Gasteiger partial charge in [-0.15, -0.1) is 0 Å². The number of carbonyl (C=O) groups excluding carboxylic acids is 1. The average molecular weight is 306 g/mol. The Bertz CT molecular complexity index is 439. The quantitative estimate of drug-likeness (QED) is 0.762. The molecule has 0 saturated heterocycles. The van der Waals surface area contributed by atoms with Gasteiger partial charge in [0.2, 0.25) is 0 Å². The predicted octanol–water partition coefficient (Wildman–Crippen LogP) is 3.18. The van der Waals surface area contributed by atoms with Crippen molar-refractivity contribution in [3.8, 4) is 5.75 Å². The van der Waals surface area contributed by atoms with Gasteiger partial charge in [-0.05, 0) is 50.2 Å². The number of benzene rings is 1. The van der Waals surface area contributed by atoms with Crippen molar-refractivity contribution in [3.05, 3.63) is 29.8 Å². The van der Waals surface area contributed by atoms with Crippen LogP contribution in [0.5, 0.6) is 5.75 Å². The lowest BCUT2D eigenvalue weighted by Crippen LogP contribution is -2.46. The van der Waals surface area contributed by atoms with E-state index in [9.17, 15) is 4.79 Å². The largest absolute Gasteiger partial charge is 0.494 e. The van der Waals surface area contributed by atoms with E-state index in [0.29, 0.717) is 30.7 Å². The van der Waals surface area contributed by atoms with Crippen LogP contribution in [-0.4, -0.2) is 43.1 Å². The number of nitrogens with zero attached hydrogens (tertiary/aromatic N) is 1. The molecule has 0 bridgehead atoms. The van der Waals surface area contributed by atoms with Crippen LogP contribution in [0, 0.1) is 5.92 Å². The van der Waals surface area contributed by atoms with Crippen molar-refractivity contribution in [2.75, 3.05) is 26.2 Å². The van der Waals surface area contributed by atoms with Crippen molar-refractivity contribution in [1.82, 2.24) is 10.2 Å². The average Bonchev–Trinajstić information content (AvgIpc) is 2.51. The highest BCUT2D eigenvalue weighted by molar-refractivity contribution is 5.94. The SMILES string of the molecule is CCOc1ccc(C(=O)NCC(C(C)C)N(CC)CC)cc1. The molecule has 0 saturated carbocycles. The third kappa shape index (κ3) is 5.34. The summed E-state index contributed by atoms with van der Waals surface area (Å²) >= 11 is 0. The van der Waals surface area contributed by atoms with Gasteiger partial charge in [0.05, 0.1) is 6.61 Å². The van der Waals surface area contributed by atoms with Gasteiger partial charge in [-0.1, -0.05) is 27.7 Å². The number of nitrogens with one attached hydrogen (secondary N) is 1. The molecule has 1 amide bonds. The van der Waals surface area contributed by atoms with Crippen LogP contribution >= 0.6 is 0 Å². The van der Waals surface area contributed by atoms with Gasteiger partial charge in [-0.25, -0.2) is 0 Å². The Labute approximate surface area is 134 Å². The molecule has 0 radical (unpaired) electrons. The number of likely N-dealkylation sites (N-methyl/N-ethyl adjacent to an activating group) is 1. The van der Waals surface area contributed by atoms with Crippen molar-refractivity contribution in [1.29, 1.82) is 0 Å². The van der Waals surface area contributed by atoms with Gasteiger partial charge < -0.3 is 10.1 Å². The molecule has 0 aliphatic rings. The first-order valence-corrected chi connectivity index (χ1v) is 8.28. The normalized spacial score (nSPS) is 12.5. The Hall–Kier alpha value is -1.55. The highest BCUT2D eigenvalue weighted by atomic mass is 16.5. The first-order chi connectivity index (χ1) is 10.5. The molecule has 0 heterocycles. The Morgan fingerprint density at radius 3 is 2.18 bits per heavy atom. The summed E-state index contributed by atoms with van der Waals surface area (Å²) in [7, 11) is 0. The van der Waals surface area contributed by atoms with E-state index in [4.69, 9.17) is 4.74 Å². The second-order valence-electron chi connectivity index (χ2n) is 5.70. The van der Waals surface area contributed by atoms with Crippen molar-refractivity contribution in [3.63, 3.8) is 0 Å². The number of rotatable bonds is 9. The molecular weight excluding hydrogens is 276 g/mol. The first kappa shape index (κ1) is 18.5. The number of hydrogen-bond acceptors (Lipinski definition) is 3. The molecule has 1 unspecified atom stereocenters. The van der Waals surface area contributed by atoms with E-state index in [0.717, 1.165) is 18.8 Å². The molecule has 4 nitrogen and oxygen atoms in total. The van der Waals surface area contributed by atoms with Gasteiger partial charge in [-0.3, -0.25) is 9.69 Å². The van der Waals surface area contributed by atoms with Gasteiger partial charge in [0.15, 0.2) is 0 Å². The van der Waals surface area contributed by atoms with Crippen LogP contribution in [0.2, 0.25) is 0 Å². The fraction of sp³-hybridized carbons (Fsp3) is 0.611. The van der Waals surface area contributed by atoms with Gasteiger partial charge in [0, 0.05) is 18.2 Å². The van der Waals surface area contributed by atoms with Crippen molar-refractivity contribution >= 4 is 5.91 Å². The minimum absolute atomic E-state index is 0.0270. The minimum Gasteiger partial charge on any atom is -0.494 e. The number of ether oxygens (including phenoxy) is 1. The van der Waals surface area contributed by atoms with E-state index in [1.807, 2.05) is 31.2 Å². The van der Waals surface area contributed by atoms with E-state index >= 15 is 0 Å². The Morgan fingerprint density at radius 1 is 1.14 bits per heavy atom. The van der Waals surface area contributed by atoms with Crippen LogP contribution < -0.4 is 10.1 Å². The monoisotopic (exact) mass is 306 g/mol. The van der Waals surface area contributed by atoms with E-state index in [1.54, 1.807) is 0 Å². The number of amides is 1. The summed E-state index contributed by atoms with van der Waals surface area (Å²) in [6, 6.07) is 7.65. The zero-order valence-corrected chi connectivity index (χ0v) is 14.6. The lowest BCUT2D eigenvalue weighted by molar-refractivity contribution is 0.0921. The summed E-state index contributed by atoms with van der Waals surface area (Å²) in [6.07, 6.45) is 0. The molecule has 0 spiro atoms. The molecule has 1 N–H and O–H groups in total. The third-order valence-electron chi connectivity index (χ3n) is 3.95. The molecule has 1 aromatic carbocycles. The highest BCUT2D eigenvalue weighted by Crippen LogP contribution is 2.13. The van der Waals surface area contributed by atoms with Crippen LogP contribution in [0.15, 0.2) is 24.3 Å². The maximum Gasteiger partial charge on any atom is 0.251 e. The third-order valence-corrected chi connectivity index (χ3v) is 3.95. The van der Waals surface area contributed by atoms with Gasteiger partial charge in [-0.2, -0.15) is 0 Å². The summed E-state index contributed by atoms with van der Waals surface area (Å²) in [5.74, 6) is 1.27. The second-order valence-corrected chi connectivity index (χ2v) is 5.70. The molecule has 0 fully saturated rings. The topological polar surface area (TPSA) is 41.6 Å². The van der Waals surface area contributed by atoms with E-state index in [-0.39, 0.29) is 5.91 Å². The van der Waals surface area contributed by atoms with Crippen LogP contribution in [0.4, 0.5) is 0 Å². The molecule has 1 aromatic rings. The van der Waals surface area contributed by atoms with Gasteiger partial charge in [0.25, 0.3) is 5.91 Å². The number of hydrogen-bond donors (Lipinski definition) is 1. The molecule has 0 aromatic heterocycles. The van der Waals surface area contributed by atoms with Crippen LogP contribution in [0.3, 0.4) is 0 Å². The van der Waals surface area contributed by atoms with Gasteiger partial charge in [0.1, 0.15) is 5.75 Å². The zero-order valence-electron chi connectivity index (χ0n) is 14.6. The Morgan fingerprint density at radius 2 is 1.73 bits per heavy atom. The summed E-state index contributed by atoms with van der Waals surface area (Å²) < 4.78 is 5.39. The van der Waals surface area contributed by atoms with E-state index in [1.165, 1.54) is 0 Å². The molecule has 0 aliphatic heterocycles. The standard InChI is InChI=1S/C18H30N2O2/c1-6-20(7-2)17(14(4)5)13-19-18(21)15-9-11-16(12-10-15)22-8-3/h9-12,14,17H,6-8,13H2,1-5H3,(H,19,21). The Balaban J connectivity index is 2.63. The van der Waals surface area contributed by atoms with Crippen molar-refractivity contribution < 1.29 is 9.53 Å². The van der Waals surface area contributed by atoms with Crippen molar-refractivity contribution in [2.45, 2.75) is 40.7 Å². The fourth-order valence-electron chi connectivity index (χ4n) is 2.65. The maximum atomic E-state index is 12.3. The predicted molar refractivity (Wildman–Crippen MR) is 91.5 cm³/mol. The molecular formula is C18H30N2O2. The highest BCUT2D eigenvalue weighted by Gasteiger charge is 2.20. The molecule has 0 aliphatic carbocycles. The summed E-state index contributed by atoms with van der Waals surface area (Å²) in [5.41, 5.74) is 0.672. The summed E-state index contributed by atoms with van der Waals surface area (Å²) in [5, 5.41) is 3.06. The van der Waals surface area contributed by atoms with Crippen LogP contribution in [0.25, 0.3) is 0 Å². The summed E-state index contributed by atoms with van der Waals surface area (Å²) in [4.78, 5) is 14.7. The maximum absolute atomic E-state index is 12.3. The lowest BCUT2D eigenvalue weighted by Gasteiger charge is -2.32. The molecule has 124 valence electrons. The van der Waals surface area contributed by atoms with E-state index < -0.39 is 0 Å². The molecule has 1 atom stereocenters.